The van der Waals surface area contributed by atoms with Crippen LogP contribution in [0.1, 0.15) is 34.1 Å². The average Bonchev–Trinajstić information content (AvgIpc) is 1.85. The summed E-state index contributed by atoms with van der Waals surface area (Å²) in [7, 11) is 0. The lowest BCUT2D eigenvalue weighted by atomic mass is 10.1. The number of nitrogens with two attached hydrogens (primary N) is 1. The molecule has 0 aromatic rings. The zero-order valence-corrected chi connectivity index (χ0v) is 8.59. The van der Waals surface area contributed by atoms with Gasteiger partial charge in [-0.15, -0.1) is 0 Å². The number of hydrogen-bond donors (Lipinski definition) is 1. The normalized spacial score (nSPS) is 12.5. The smallest absolute Gasteiger partial charge is 0.0947 e. The Morgan fingerprint density at radius 1 is 1.33 bits per heavy atom. The number of rotatable bonds is 6. The van der Waals surface area contributed by atoms with Gasteiger partial charge < -0.3 is 15.2 Å². The lowest BCUT2D eigenvalue weighted by Crippen LogP contribution is -2.29. The molecule has 0 aliphatic heterocycles. The molecule has 0 aromatic carbocycles. The van der Waals surface area contributed by atoms with Gasteiger partial charge in [-0.1, -0.05) is 0 Å². The van der Waals surface area contributed by atoms with Crippen LogP contribution in [0.4, 0.5) is 0 Å². The number of hydrogen-bond acceptors (Lipinski definition) is 3. The van der Waals surface area contributed by atoms with Crippen molar-refractivity contribution in [1.29, 1.82) is 0 Å². The predicted molar refractivity (Wildman–Crippen MR) is 49.9 cm³/mol. The molecule has 0 aromatic heterocycles. The first-order valence-electron chi connectivity index (χ1n) is 4.43. The third kappa shape index (κ3) is 6.58. The van der Waals surface area contributed by atoms with Crippen LogP contribution in [-0.4, -0.2) is 25.0 Å². The molecule has 0 amide bonds. The Morgan fingerprint density at radius 2 is 1.92 bits per heavy atom. The molecule has 12 heavy (non-hydrogen) atoms. The lowest BCUT2D eigenvalue weighted by molar-refractivity contribution is -0.0446. The maximum absolute atomic E-state index is 5.40. The molecule has 0 aliphatic rings. The van der Waals surface area contributed by atoms with Crippen LogP contribution in [-0.2, 0) is 9.47 Å². The first-order chi connectivity index (χ1) is 5.48. The molecule has 3 nitrogen and oxygen atoms in total. The largest absolute Gasteiger partial charge is 0.379 e. The van der Waals surface area contributed by atoms with Crippen molar-refractivity contribution in [2.45, 2.75) is 45.8 Å². The van der Waals surface area contributed by atoms with Gasteiger partial charge in [0.2, 0.25) is 0 Å². The van der Waals surface area contributed by atoms with Crippen molar-refractivity contribution in [3.05, 3.63) is 0 Å². The summed E-state index contributed by atoms with van der Waals surface area (Å²) in [6.07, 6.45) is 1.17. The van der Waals surface area contributed by atoms with E-state index >= 15 is 0 Å². The molecule has 3 heteroatoms. The van der Waals surface area contributed by atoms with Crippen molar-refractivity contribution in [3.8, 4) is 0 Å². The van der Waals surface area contributed by atoms with E-state index in [-0.39, 0.29) is 12.3 Å². The van der Waals surface area contributed by atoms with Crippen LogP contribution in [0.15, 0.2) is 0 Å². The zero-order valence-electron chi connectivity index (χ0n) is 8.59. The summed E-state index contributed by atoms with van der Waals surface area (Å²) in [5.74, 6) is 0. The van der Waals surface area contributed by atoms with Gasteiger partial charge in [0.25, 0.3) is 0 Å². The molecular weight excluding hydrogens is 154 g/mol. The minimum absolute atomic E-state index is 0.163. The van der Waals surface area contributed by atoms with Crippen LogP contribution < -0.4 is 5.73 Å². The first-order valence-corrected chi connectivity index (χ1v) is 4.43. The van der Waals surface area contributed by atoms with Crippen molar-refractivity contribution < 1.29 is 9.47 Å². The van der Waals surface area contributed by atoms with Crippen LogP contribution in [0.25, 0.3) is 0 Å². The van der Waals surface area contributed by atoms with Crippen molar-refractivity contribution in [2.24, 2.45) is 5.73 Å². The van der Waals surface area contributed by atoms with Crippen molar-refractivity contribution >= 4 is 0 Å². The Balaban J connectivity index is 3.46. The molecule has 0 bridgehead atoms. The van der Waals surface area contributed by atoms with E-state index in [1.165, 1.54) is 0 Å². The van der Waals surface area contributed by atoms with Gasteiger partial charge in [0, 0.05) is 6.61 Å². The third-order valence-corrected chi connectivity index (χ3v) is 1.63. The van der Waals surface area contributed by atoms with Gasteiger partial charge in [-0.2, -0.15) is 0 Å². The van der Waals surface area contributed by atoms with Crippen LogP contribution in [0.5, 0.6) is 0 Å². The van der Waals surface area contributed by atoms with Crippen molar-refractivity contribution in [2.75, 3.05) is 13.3 Å². The molecule has 0 rings (SSSR count). The van der Waals surface area contributed by atoms with Gasteiger partial charge in [0.15, 0.2) is 0 Å². The summed E-state index contributed by atoms with van der Waals surface area (Å²) in [4.78, 5) is 0. The molecule has 0 unspecified atom stereocenters. The van der Waals surface area contributed by atoms with E-state index in [0.29, 0.717) is 6.10 Å². The molecule has 2 N–H and O–H groups in total. The third-order valence-electron chi connectivity index (χ3n) is 1.63. The maximum Gasteiger partial charge on any atom is 0.0947 e. The Bertz CT molecular complexity index is 113. The van der Waals surface area contributed by atoms with E-state index in [1.807, 2.05) is 27.7 Å². The molecule has 0 fully saturated rings. The van der Waals surface area contributed by atoms with Gasteiger partial charge in [-0.25, -0.2) is 0 Å². The molecule has 0 saturated carbocycles. The monoisotopic (exact) mass is 175 g/mol. The molecule has 0 spiro atoms. The fourth-order valence-electron chi connectivity index (χ4n) is 0.838. The van der Waals surface area contributed by atoms with Crippen LogP contribution in [0.3, 0.4) is 0 Å². The fourth-order valence-corrected chi connectivity index (χ4v) is 0.838. The quantitative estimate of drug-likeness (QED) is 0.622. The highest BCUT2D eigenvalue weighted by atomic mass is 16.5. The highest BCUT2D eigenvalue weighted by molar-refractivity contribution is 4.67. The van der Waals surface area contributed by atoms with E-state index in [0.717, 1.165) is 13.0 Å². The summed E-state index contributed by atoms with van der Waals surface area (Å²) in [5.41, 5.74) is 5.12. The Morgan fingerprint density at radius 3 is 2.33 bits per heavy atom. The molecule has 0 heterocycles. The Labute approximate surface area is 75.2 Å². The predicted octanol–water partition coefficient (Wildman–Crippen LogP) is 1.51. The molecule has 0 aliphatic carbocycles. The van der Waals surface area contributed by atoms with Gasteiger partial charge in [0.05, 0.1) is 18.4 Å². The van der Waals surface area contributed by atoms with Gasteiger partial charge >= 0.3 is 0 Å². The topological polar surface area (TPSA) is 44.5 Å². The van der Waals surface area contributed by atoms with Crippen LogP contribution in [0, 0.1) is 0 Å². The Hall–Kier alpha value is -0.120. The second-order valence-electron chi connectivity index (χ2n) is 3.74. The second-order valence-corrected chi connectivity index (χ2v) is 3.74. The highest BCUT2D eigenvalue weighted by Gasteiger charge is 2.17. The zero-order chi connectivity index (χ0) is 9.61. The molecule has 0 radical (unpaired) electrons. The van der Waals surface area contributed by atoms with Crippen LogP contribution in [0.2, 0.25) is 0 Å². The maximum atomic E-state index is 5.40. The highest BCUT2D eigenvalue weighted by Crippen LogP contribution is 2.13. The molecule has 74 valence electrons. The minimum atomic E-state index is -0.163. The number of ether oxygens (including phenoxy) is 2. The average molecular weight is 175 g/mol. The fraction of sp³-hybridized carbons (Fsp3) is 1.00. The first kappa shape index (κ1) is 11.9. The van der Waals surface area contributed by atoms with E-state index in [2.05, 4.69) is 0 Å². The summed E-state index contributed by atoms with van der Waals surface area (Å²) in [5, 5.41) is 0. The van der Waals surface area contributed by atoms with Crippen LogP contribution >= 0.6 is 0 Å². The van der Waals surface area contributed by atoms with E-state index in [9.17, 15) is 0 Å². The standard InChI is InChI=1S/C9H21NO2/c1-8(2)11-6-5-9(3,4)12-7-10/h8H,5-7,10H2,1-4H3. The van der Waals surface area contributed by atoms with Crippen molar-refractivity contribution in [1.82, 2.24) is 0 Å². The van der Waals surface area contributed by atoms with E-state index in [1.54, 1.807) is 0 Å². The minimum Gasteiger partial charge on any atom is -0.379 e. The van der Waals surface area contributed by atoms with E-state index in [4.69, 9.17) is 15.2 Å². The summed E-state index contributed by atoms with van der Waals surface area (Å²) < 4.78 is 10.7. The van der Waals surface area contributed by atoms with Gasteiger partial charge in [0.1, 0.15) is 0 Å². The molecule has 0 atom stereocenters. The lowest BCUT2D eigenvalue weighted by Gasteiger charge is -2.24. The molecule has 0 saturated heterocycles. The SMILES string of the molecule is CC(C)OCCC(C)(C)OCN. The van der Waals surface area contributed by atoms with Gasteiger partial charge in [-0.3, -0.25) is 0 Å². The summed E-state index contributed by atoms with van der Waals surface area (Å²) in [6, 6.07) is 0. The van der Waals surface area contributed by atoms with E-state index < -0.39 is 0 Å². The van der Waals surface area contributed by atoms with Crippen molar-refractivity contribution in [3.63, 3.8) is 0 Å². The second kappa shape index (κ2) is 5.51. The van der Waals surface area contributed by atoms with Gasteiger partial charge in [-0.05, 0) is 34.1 Å². The molecular formula is C9H21NO2. The summed E-state index contributed by atoms with van der Waals surface area (Å²) in [6.45, 7) is 9.08. The Kier molecular flexibility index (Phi) is 5.46. The summed E-state index contributed by atoms with van der Waals surface area (Å²) >= 11 is 0.